The van der Waals surface area contributed by atoms with Gasteiger partial charge in [-0.2, -0.15) is 4.99 Å². The lowest BCUT2D eigenvalue weighted by Crippen LogP contribution is -2.48. The molecule has 0 radical (unpaired) electrons. The van der Waals surface area contributed by atoms with E-state index in [1.807, 2.05) is 30.3 Å². The molecule has 30 heavy (non-hydrogen) atoms. The number of amides is 1. The van der Waals surface area contributed by atoms with Gasteiger partial charge in [0.25, 0.3) is 5.91 Å². The number of ether oxygens (including phenoxy) is 1. The molecule has 0 aromatic heterocycles. The number of nitrogens with zero attached hydrogens (tertiary/aromatic N) is 3. The highest BCUT2D eigenvalue weighted by atomic mass is 32.2. The van der Waals surface area contributed by atoms with Gasteiger partial charge >= 0.3 is 0 Å². The first-order valence-corrected chi connectivity index (χ1v) is 11.3. The van der Waals surface area contributed by atoms with E-state index in [1.165, 1.54) is 23.0 Å². The molecule has 156 valence electrons. The molecule has 1 amide bonds. The molecule has 0 spiro atoms. The molecule has 2 aliphatic heterocycles. The van der Waals surface area contributed by atoms with Gasteiger partial charge in [-0.1, -0.05) is 43.3 Å². The van der Waals surface area contributed by atoms with Gasteiger partial charge < -0.3 is 14.5 Å². The van der Waals surface area contributed by atoms with Gasteiger partial charge in [0.1, 0.15) is 5.75 Å². The SMILES string of the molecule is CCCOc1ccccc1C=C1SC(N2CCN(c3ccccc3C)CC2)=NC1=O. The van der Waals surface area contributed by atoms with E-state index in [2.05, 4.69) is 52.9 Å². The van der Waals surface area contributed by atoms with E-state index in [9.17, 15) is 4.79 Å². The third-order valence-corrected chi connectivity index (χ3v) is 6.33. The van der Waals surface area contributed by atoms with E-state index >= 15 is 0 Å². The van der Waals surface area contributed by atoms with Gasteiger partial charge in [0.05, 0.1) is 11.5 Å². The number of aryl methyl sites for hydroxylation is 1. The highest BCUT2D eigenvalue weighted by Gasteiger charge is 2.29. The van der Waals surface area contributed by atoms with Crippen LogP contribution in [0.4, 0.5) is 5.69 Å². The molecule has 0 unspecified atom stereocenters. The Balaban J connectivity index is 1.42. The predicted octanol–water partition coefficient (Wildman–Crippen LogP) is 4.58. The molecule has 0 aliphatic carbocycles. The first-order valence-electron chi connectivity index (χ1n) is 10.5. The number of piperazine rings is 1. The molecule has 0 atom stereocenters. The highest BCUT2D eigenvalue weighted by Crippen LogP contribution is 2.33. The van der Waals surface area contributed by atoms with Crippen LogP contribution in [-0.2, 0) is 4.79 Å². The molecule has 0 N–H and O–H groups in total. The van der Waals surface area contributed by atoms with Crippen LogP contribution in [0.2, 0.25) is 0 Å². The van der Waals surface area contributed by atoms with E-state index in [-0.39, 0.29) is 5.91 Å². The fourth-order valence-electron chi connectivity index (χ4n) is 3.67. The van der Waals surface area contributed by atoms with Crippen LogP contribution < -0.4 is 9.64 Å². The van der Waals surface area contributed by atoms with Gasteiger partial charge in [-0.3, -0.25) is 4.79 Å². The topological polar surface area (TPSA) is 45.1 Å². The van der Waals surface area contributed by atoms with Gasteiger partial charge in [-0.15, -0.1) is 0 Å². The first kappa shape index (κ1) is 20.5. The number of carbonyl (C=O) groups is 1. The summed E-state index contributed by atoms with van der Waals surface area (Å²) in [6, 6.07) is 16.3. The van der Waals surface area contributed by atoms with Crippen molar-refractivity contribution in [2.75, 3.05) is 37.7 Å². The van der Waals surface area contributed by atoms with Crippen molar-refractivity contribution in [3.8, 4) is 5.75 Å². The zero-order valence-electron chi connectivity index (χ0n) is 17.5. The van der Waals surface area contributed by atoms with Crippen LogP contribution in [0.25, 0.3) is 6.08 Å². The lowest BCUT2D eigenvalue weighted by atomic mass is 10.1. The van der Waals surface area contributed by atoms with E-state index in [0.29, 0.717) is 11.5 Å². The summed E-state index contributed by atoms with van der Waals surface area (Å²) in [5.74, 6) is 0.641. The minimum Gasteiger partial charge on any atom is -0.493 e. The Morgan fingerprint density at radius 3 is 2.50 bits per heavy atom. The van der Waals surface area contributed by atoms with E-state index < -0.39 is 0 Å². The molecule has 2 aromatic rings. The molecule has 2 aromatic carbocycles. The number of anilines is 1. The number of thioether (sulfide) groups is 1. The van der Waals surface area contributed by atoms with Gasteiger partial charge in [0.2, 0.25) is 0 Å². The summed E-state index contributed by atoms with van der Waals surface area (Å²) in [5, 5.41) is 0.808. The minimum atomic E-state index is -0.165. The van der Waals surface area contributed by atoms with Crippen molar-refractivity contribution in [2.45, 2.75) is 20.3 Å². The number of hydrogen-bond donors (Lipinski definition) is 0. The molecular formula is C24H27N3O2S. The van der Waals surface area contributed by atoms with Crippen molar-refractivity contribution < 1.29 is 9.53 Å². The molecular weight excluding hydrogens is 394 g/mol. The van der Waals surface area contributed by atoms with Crippen molar-refractivity contribution >= 4 is 34.6 Å². The summed E-state index contributed by atoms with van der Waals surface area (Å²) < 4.78 is 5.82. The number of aliphatic imine (C=N–C) groups is 1. The summed E-state index contributed by atoms with van der Waals surface area (Å²) in [6.45, 7) is 8.45. The summed E-state index contributed by atoms with van der Waals surface area (Å²) in [5.41, 5.74) is 3.50. The molecule has 6 heteroatoms. The van der Waals surface area contributed by atoms with Crippen LogP contribution >= 0.6 is 11.8 Å². The number of para-hydroxylation sites is 2. The largest absolute Gasteiger partial charge is 0.493 e. The fourth-order valence-corrected chi connectivity index (χ4v) is 4.63. The number of benzene rings is 2. The Kier molecular flexibility index (Phi) is 6.43. The predicted molar refractivity (Wildman–Crippen MR) is 125 cm³/mol. The number of amidine groups is 1. The highest BCUT2D eigenvalue weighted by molar-refractivity contribution is 8.18. The Bertz CT molecular complexity index is 978. The van der Waals surface area contributed by atoms with Crippen molar-refractivity contribution in [2.24, 2.45) is 4.99 Å². The Hall–Kier alpha value is -2.73. The zero-order chi connectivity index (χ0) is 20.9. The van der Waals surface area contributed by atoms with Gasteiger partial charge in [-0.05, 0) is 48.9 Å². The van der Waals surface area contributed by atoms with E-state index in [4.69, 9.17) is 4.74 Å². The zero-order valence-corrected chi connectivity index (χ0v) is 18.3. The van der Waals surface area contributed by atoms with Crippen molar-refractivity contribution in [1.29, 1.82) is 0 Å². The first-order chi connectivity index (χ1) is 14.7. The Morgan fingerprint density at radius 2 is 1.73 bits per heavy atom. The minimum absolute atomic E-state index is 0.165. The second-order valence-electron chi connectivity index (χ2n) is 7.46. The second kappa shape index (κ2) is 9.39. The number of carbonyl (C=O) groups excluding carboxylic acids is 1. The molecule has 2 heterocycles. The lowest BCUT2D eigenvalue weighted by Gasteiger charge is -2.37. The van der Waals surface area contributed by atoms with Crippen molar-refractivity contribution in [3.05, 3.63) is 64.6 Å². The molecule has 1 saturated heterocycles. The van der Waals surface area contributed by atoms with Crippen molar-refractivity contribution in [1.82, 2.24) is 4.90 Å². The van der Waals surface area contributed by atoms with Crippen molar-refractivity contribution in [3.63, 3.8) is 0 Å². The summed E-state index contributed by atoms with van der Waals surface area (Å²) in [6.07, 6.45) is 2.85. The quantitative estimate of drug-likeness (QED) is 0.662. The van der Waals surface area contributed by atoms with Crippen LogP contribution in [0, 0.1) is 6.92 Å². The fraction of sp³-hybridized carbons (Fsp3) is 0.333. The summed E-state index contributed by atoms with van der Waals surface area (Å²) in [7, 11) is 0. The van der Waals surface area contributed by atoms with Crippen LogP contribution in [0.1, 0.15) is 24.5 Å². The number of hydrogen-bond acceptors (Lipinski definition) is 5. The maximum atomic E-state index is 12.5. The van der Waals surface area contributed by atoms with Crippen LogP contribution in [0.3, 0.4) is 0 Å². The standard InChI is InChI=1S/C24H27N3O2S/c1-3-16-29-21-11-7-5-9-19(21)17-22-23(28)25-24(30-22)27-14-12-26(13-15-27)20-10-6-4-8-18(20)2/h4-11,17H,3,12-16H2,1-2H3. The molecule has 1 fully saturated rings. The molecule has 2 aliphatic rings. The van der Waals surface area contributed by atoms with Crippen LogP contribution in [0.5, 0.6) is 5.75 Å². The molecule has 5 nitrogen and oxygen atoms in total. The van der Waals surface area contributed by atoms with Gasteiger partial charge in [-0.25, -0.2) is 0 Å². The smallest absolute Gasteiger partial charge is 0.286 e. The third-order valence-electron chi connectivity index (χ3n) is 5.28. The average Bonchev–Trinajstić information content (AvgIpc) is 3.14. The van der Waals surface area contributed by atoms with E-state index in [0.717, 1.165) is 49.1 Å². The average molecular weight is 422 g/mol. The van der Waals surface area contributed by atoms with Gasteiger partial charge in [0.15, 0.2) is 5.17 Å². The maximum Gasteiger partial charge on any atom is 0.286 e. The maximum absolute atomic E-state index is 12.5. The summed E-state index contributed by atoms with van der Waals surface area (Å²) in [4.78, 5) is 22.1. The number of rotatable bonds is 5. The Labute approximate surface area is 182 Å². The normalized spacial score (nSPS) is 18.1. The third kappa shape index (κ3) is 4.54. The monoisotopic (exact) mass is 421 g/mol. The van der Waals surface area contributed by atoms with Crippen LogP contribution in [-0.4, -0.2) is 48.8 Å². The lowest BCUT2D eigenvalue weighted by molar-refractivity contribution is -0.113. The second-order valence-corrected chi connectivity index (χ2v) is 8.47. The molecule has 4 rings (SSSR count). The molecule has 0 saturated carbocycles. The molecule has 0 bridgehead atoms. The van der Waals surface area contributed by atoms with Gasteiger partial charge in [0, 0.05) is 37.4 Å². The van der Waals surface area contributed by atoms with E-state index in [1.54, 1.807) is 0 Å². The Morgan fingerprint density at radius 1 is 1.03 bits per heavy atom. The van der Waals surface area contributed by atoms with Crippen LogP contribution in [0.15, 0.2) is 58.4 Å². The summed E-state index contributed by atoms with van der Waals surface area (Å²) >= 11 is 1.47.